The number of nitrogens with zero attached hydrogens (tertiary/aromatic N) is 2. The van der Waals surface area contributed by atoms with Crippen LogP contribution in [0, 0.1) is 11.7 Å². The Hall–Kier alpha value is -3.79. The van der Waals surface area contributed by atoms with Gasteiger partial charge >= 0.3 is 0 Å². The number of nitrogens with two attached hydrogens (primary N) is 1. The van der Waals surface area contributed by atoms with Crippen LogP contribution in [0.5, 0.6) is 0 Å². The van der Waals surface area contributed by atoms with E-state index < -0.39 is 11.7 Å². The largest absolute Gasteiger partial charge is 0.462 e. The summed E-state index contributed by atoms with van der Waals surface area (Å²) in [6, 6.07) is 9.54. The quantitative estimate of drug-likeness (QED) is 0.478. The second kappa shape index (κ2) is 11.1. The zero-order chi connectivity index (χ0) is 25.6. The van der Waals surface area contributed by atoms with E-state index in [2.05, 4.69) is 20.5 Å². The summed E-state index contributed by atoms with van der Waals surface area (Å²) in [6.07, 6.45) is 3.51. The van der Waals surface area contributed by atoms with Crippen molar-refractivity contribution in [1.29, 1.82) is 0 Å². The molecule has 0 spiro atoms. The van der Waals surface area contributed by atoms with Crippen molar-refractivity contribution in [1.82, 2.24) is 15.1 Å². The molecule has 1 aromatic heterocycles. The average molecular weight is 484 g/mol. The molecule has 0 aliphatic carbocycles. The molecule has 0 bridgehead atoms. The first-order valence-corrected chi connectivity index (χ1v) is 11.3. The zero-order valence-corrected chi connectivity index (χ0v) is 20.0. The number of anilines is 1. The Morgan fingerprint density at radius 1 is 1.26 bits per heavy atom. The summed E-state index contributed by atoms with van der Waals surface area (Å²) >= 11 is 0. The number of fused-ring (bicyclic) bond motifs is 1. The van der Waals surface area contributed by atoms with E-state index in [9.17, 15) is 18.8 Å². The van der Waals surface area contributed by atoms with Gasteiger partial charge < -0.3 is 21.1 Å². The highest BCUT2D eigenvalue weighted by Gasteiger charge is 2.21. The van der Waals surface area contributed by atoms with Crippen LogP contribution in [-0.2, 0) is 14.3 Å². The molecule has 0 radical (unpaired) electrons. The van der Waals surface area contributed by atoms with Crippen LogP contribution < -0.4 is 16.4 Å². The van der Waals surface area contributed by atoms with E-state index in [1.165, 1.54) is 6.07 Å². The lowest BCUT2D eigenvalue weighted by molar-refractivity contribution is -0.138. The number of nitrogens with one attached hydrogen (secondary N) is 2. The van der Waals surface area contributed by atoms with Gasteiger partial charge in [-0.3, -0.25) is 14.4 Å². The number of piperidine rings is 1. The summed E-state index contributed by atoms with van der Waals surface area (Å²) < 4.78 is 19.8. The first kappa shape index (κ1) is 25.8. The number of carbonyl (C=O) groups excluding carboxylic acids is 3. The molecule has 3 aromatic rings. The molecule has 1 saturated heterocycles. The number of primary amides is 1. The van der Waals surface area contributed by atoms with Crippen molar-refractivity contribution in [3.05, 3.63) is 54.0 Å². The Balaban J connectivity index is 0.000000429. The highest BCUT2D eigenvalue weighted by atomic mass is 19.1. The molecule has 9 nitrogen and oxygen atoms in total. The van der Waals surface area contributed by atoms with E-state index in [1.54, 1.807) is 35.1 Å². The van der Waals surface area contributed by atoms with Crippen LogP contribution in [-0.4, -0.2) is 46.8 Å². The van der Waals surface area contributed by atoms with Gasteiger partial charge in [0.2, 0.25) is 5.91 Å². The number of rotatable bonds is 5. The summed E-state index contributed by atoms with van der Waals surface area (Å²) in [5.74, 6) is -1.29. The molecule has 10 heteroatoms. The van der Waals surface area contributed by atoms with E-state index in [4.69, 9.17) is 5.73 Å². The van der Waals surface area contributed by atoms with Crippen LogP contribution >= 0.6 is 0 Å². The fourth-order valence-corrected chi connectivity index (χ4v) is 3.58. The molecule has 1 unspecified atom stereocenters. The lowest BCUT2D eigenvalue weighted by atomic mass is 9.99. The zero-order valence-electron chi connectivity index (χ0n) is 20.0. The second-order valence-corrected chi connectivity index (χ2v) is 9.23. The number of benzene rings is 2. The maximum absolute atomic E-state index is 13.7. The normalized spacial score (nSPS) is 15.6. The van der Waals surface area contributed by atoms with Gasteiger partial charge in [-0.25, -0.2) is 9.07 Å². The van der Waals surface area contributed by atoms with Gasteiger partial charge in [0.15, 0.2) is 0 Å². The lowest BCUT2D eigenvalue weighted by Gasteiger charge is -2.21. The molecule has 35 heavy (non-hydrogen) atoms. The third kappa shape index (κ3) is 7.10. The minimum Gasteiger partial charge on any atom is -0.462 e. The maximum atomic E-state index is 13.7. The van der Waals surface area contributed by atoms with E-state index in [0.29, 0.717) is 35.3 Å². The van der Waals surface area contributed by atoms with Crippen LogP contribution in [0.4, 0.5) is 10.1 Å². The van der Waals surface area contributed by atoms with Crippen LogP contribution in [0.1, 0.15) is 44.0 Å². The summed E-state index contributed by atoms with van der Waals surface area (Å²) in [7, 11) is 0. The van der Waals surface area contributed by atoms with Crippen molar-refractivity contribution in [2.75, 3.05) is 18.4 Å². The van der Waals surface area contributed by atoms with Crippen LogP contribution in [0.25, 0.3) is 16.6 Å². The van der Waals surface area contributed by atoms with Gasteiger partial charge in [-0.05, 0) is 76.6 Å². The van der Waals surface area contributed by atoms with Crippen molar-refractivity contribution in [3.63, 3.8) is 0 Å². The van der Waals surface area contributed by atoms with Gasteiger partial charge in [0, 0.05) is 23.8 Å². The van der Waals surface area contributed by atoms with Gasteiger partial charge in [-0.15, -0.1) is 0 Å². The number of halogens is 1. The van der Waals surface area contributed by atoms with Crippen molar-refractivity contribution >= 4 is 34.9 Å². The molecule has 2 heterocycles. The summed E-state index contributed by atoms with van der Waals surface area (Å²) in [5, 5.41) is 11.0. The monoisotopic (exact) mass is 483 g/mol. The van der Waals surface area contributed by atoms with Gasteiger partial charge in [0.25, 0.3) is 12.4 Å². The fraction of sp³-hybridized carbons (Fsp3) is 0.360. The maximum Gasteiger partial charge on any atom is 0.293 e. The van der Waals surface area contributed by atoms with E-state index in [-0.39, 0.29) is 23.0 Å². The molecule has 1 aliphatic heterocycles. The van der Waals surface area contributed by atoms with Crippen molar-refractivity contribution in [2.45, 2.75) is 39.2 Å². The van der Waals surface area contributed by atoms with Crippen LogP contribution in [0.2, 0.25) is 0 Å². The minimum absolute atomic E-state index is 0.00588. The summed E-state index contributed by atoms with van der Waals surface area (Å²) in [4.78, 5) is 33.5. The molecule has 1 atom stereocenters. The number of hydrogen-bond acceptors (Lipinski definition) is 6. The Bertz CT molecular complexity index is 1200. The smallest absolute Gasteiger partial charge is 0.293 e. The number of aromatic nitrogens is 2. The molecule has 0 saturated carbocycles. The number of hydrogen-bond donors (Lipinski definition) is 3. The SMILES string of the molecule is CC(C)(C)OC=O.NC(=O)c1cc(F)cc2cn(-c3ccc(NC(=O)C4CCCNC4)cc3)nc12. The molecule has 2 aromatic carbocycles. The van der Waals surface area contributed by atoms with Crippen molar-refractivity contribution in [3.8, 4) is 5.69 Å². The topological polar surface area (TPSA) is 128 Å². The van der Waals surface area contributed by atoms with Gasteiger partial charge in [-0.1, -0.05) is 0 Å². The highest BCUT2D eigenvalue weighted by Crippen LogP contribution is 2.22. The second-order valence-electron chi connectivity index (χ2n) is 9.23. The van der Waals surface area contributed by atoms with Crippen LogP contribution in [0.15, 0.2) is 42.6 Å². The highest BCUT2D eigenvalue weighted by molar-refractivity contribution is 6.04. The lowest BCUT2D eigenvalue weighted by Crippen LogP contribution is -2.37. The van der Waals surface area contributed by atoms with Crippen LogP contribution in [0.3, 0.4) is 0 Å². The first-order valence-electron chi connectivity index (χ1n) is 11.3. The van der Waals surface area contributed by atoms with E-state index in [0.717, 1.165) is 25.5 Å². The van der Waals surface area contributed by atoms with Crippen molar-refractivity contribution in [2.24, 2.45) is 11.7 Å². The molecule has 1 aliphatic rings. The van der Waals surface area contributed by atoms with Gasteiger partial charge in [-0.2, -0.15) is 5.10 Å². The molecular formula is C25H30FN5O4. The Morgan fingerprint density at radius 2 is 1.97 bits per heavy atom. The number of carbonyl (C=O) groups is 3. The first-order chi connectivity index (χ1) is 16.6. The van der Waals surface area contributed by atoms with Crippen molar-refractivity contribution < 1.29 is 23.5 Å². The third-order valence-electron chi connectivity index (χ3n) is 5.31. The molecule has 2 amide bonds. The van der Waals surface area contributed by atoms with Gasteiger partial charge in [0.1, 0.15) is 16.9 Å². The summed E-state index contributed by atoms with van der Waals surface area (Å²) in [6.45, 7) is 7.57. The number of ether oxygens (including phenoxy) is 1. The Morgan fingerprint density at radius 3 is 2.51 bits per heavy atom. The molecule has 1 fully saturated rings. The average Bonchev–Trinajstić information content (AvgIpc) is 3.23. The predicted octanol–water partition coefficient (Wildman–Crippen LogP) is 3.16. The Kier molecular flexibility index (Phi) is 8.18. The number of amides is 2. The Labute approximate surface area is 202 Å². The molecule has 4 N–H and O–H groups in total. The van der Waals surface area contributed by atoms with E-state index >= 15 is 0 Å². The predicted molar refractivity (Wildman–Crippen MR) is 131 cm³/mol. The minimum atomic E-state index is -0.731. The third-order valence-corrected chi connectivity index (χ3v) is 5.31. The fourth-order valence-electron chi connectivity index (χ4n) is 3.58. The van der Waals surface area contributed by atoms with Gasteiger partial charge in [0.05, 0.1) is 17.2 Å². The standard InChI is InChI=1S/C20H20FN5O2.C5H10O2/c21-14-8-13-11-26(25-18(13)17(9-14)19(22)27)16-5-3-15(4-6-16)24-20(28)12-2-1-7-23-10-12;1-5(2,3)7-4-6/h3-6,8-9,11-12,23H,1-2,7,10H2,(H2,22,27)(H,24,28);4H,1-3H3. The molecule has 186 valence electrons. The molecule has 4 rings (SSSR count). The summed E-state index contributed by atoms with van der Waals surface area (Å²) in [5.41, 5.74) is 6.80. The molecular weight excluding hydrogens is 453 g/mol. The van der Waals surface area contributed by atoms with E-state index in [1.807, 2.05) is 20.8 Å².